The number of nitrogens with one attached hydrogen (secondary N) is 1. The topological polar surface area (TPSA) is 80.7 Å². The van der Waals surface area contributed by atoms with Gasteiger partial charge in [-0.1, -0.05) is 25.3 Å². The highest BCUT2D eigenvalue weighted by atomic mass is 32.2. The second kappa shape index (κ2) is 11.3. The van der Waals surface area contributed by atoms with Gasteiger partial charge in [0.1, 0.15) is 21.6 Å². The Morgan fingerprint density at radius 3 is 2.71 bits per heavy atom. The third kappa shape index (κ3) is 5.54. The summed E-state index contributed by atoms with van der Waals surface area (Å²) >= 11 is 2.38. The van der Waals surface area contributed by atoms with E-state index in [0.29, 0.717) is 33.9 Å². The fraction of sp³-hybridized carbons (Fsp3) is 0.360. The first-order valence-corrected chi connectivity index (χ1v) is 13.1. The molecule has 0 spiro atoms. The van der Waals surface area contributed by atoms with Gasteiger partial charge in [-0.2, -0.15) is 0 Å². The summed E-state index contributed by atoms with van der Waals surface area (Å²) in [5.74, 6) is -1.86. The van der Waals surface area contributed by atoms with Crippen molar-refractivity contribution in [2.75, 3.05) is 18.4 Å². The van der Waals surface area contributed by atoms with E-state index in [4.69, 9.17) is 14.6 Å². The van der Waals surface area contributed by atoms with Crippen molar-refractivity contribution in [3.63, 3.8) is 0 Å². The summed E-state index contributed by atoms with van der Waals surface area (Å²) in [6, 6.07) is 5.90. The van der Waals surface area contributed by atoms with Crippen LogP contribution >= 0.6 is 23.3 Å². The Morgan fingerprint density at radius 2 is 2.03 bits per heavy atom. The number of rotatable bonds is 9. The Balaban J connectivity index is 1.55. The number of benzene rings is 2. The van der Waals surface area contributed by atoms with Crippen LogP contribution in [0.1, 0.15) is 60.9 Å². The predicted molar refractivity (Wildman–Crippen MR) is 134 cm³/mol. The number of aromatic carboxylic acids is 1. The van der Waals surface area contributed by atoms with Gasteiger partial charge in [0.15, 0.2) is 11.6 Å². The number of ether oxygens (including phenoxy) is 2. The number of aromatic nitrogens is 1. The number of hydrogen-bond donors (Lipinski definition) is 2. The lowest BCUT2D eigenvalue weighted by atomic mass is 9.83. The van der Waals surface area contributed by atoms with Gasteiger partial charge < -0.3 is 19.3 Å². The van der Waals surface area contributed by atoms with E-state index >= 15 is 4.39 Å². The van der Waals surface area contributed by atoms with Gasteiger partial charge in [0.25, 0.3) is 0 Å². The van der Waals surface area contributed by atoms with Gasteiger partial charge in [0.05, 0.1) is 30.5 Å². The summed E-state index contributed by atoms with van der Waals surface area (Å²) in [6.45, 7) is 2.22. The van der Waals surface area contributed by atoms with Crippen molar-refractivity contribution in [3.8, 4) is 22.1 Å². The molecule has 0 bridgehead atoms. The lowest BCUT2D eigenvalue weighted by Gasteiger charge is -2.24. The summed E-state index contributed by atoms with van der Waals surface area (Å²) in [4.78, 5) is 15.7. The minimum absolute atomic E-state index is 0.178. The number of anilines is 1. The van der Waals surface area contributed by atoms with Gasteiger partial charge >= 0.3 is 5.97 Å². The monoisotopic (exact) mass is 520 g/mol. The van der Waals surface area contributed by atoms with Crippen LogP contribution in [0.5, 0.6) is 11.5 Å². The van der Waals surface area contributed by atoms with Crippen molar-refractivity contribution >= 4 is 34.9 Å². The summed E-state index contributed by atoms with van der Waals surface area (Å²) in [5.41, 5.74) is 1.08. The van der Waals surface area contributed by atoms with Crippen LogP contribution in [0, 0.1) is 11.6 Å². The Labute approximate surface area is 210 Å². The molecule has 1 aromatic heterocycles. The van der Waals surface area contributed by atoms with E-state index in [-0.39, 0.29) is 11.4 Å². The molecule has 1 saturated carbocycles. The highest BCUT2D eigenvalue weighted by Crippen LogP contribution is 2.42. The number of nitrogens with zero attached hydrogens (tertiary/aromatic N) is 1. The van der Waals surface area contributed by atoms with Crippen LogP contribution < -0.4 is 14.2 Å². The molecular formula is C25H26F2N2O4S2. The molecule has 1 aliphatic rings. The van der Waals surface area contributed by atoms with Crippen molar-refractivity contribution in [3.05, 3.63) is 52.4 Å². The number of hydrogen-bond acceptors (Lipinski definition) is 7. The lowest BCUT2D eigenvalue weighted by Crippen LogP contribution is -2.09. The summed E-state index contributed by atoms with van der Waals surface area (Å²) in [5, 5.41) is 11.9. The minimum atomic E-state index is -1.38. The summed E-state index contributed by atoms with van der Waals surface area (Å²) in [7, 11) is 1.37. The fourth-order valence-electron chi connectivity index (χ4n) is 4.27. The molecule has 2 N–H and O–H groups in total. The Hall–Kier alpha value is -2.85. The minimum Gasteiger partial charge on any atom is -0.495 e. The first-order valence-electron chi connectivity index (χ1n) is 11.4. The van der Waals surface area contributed by atoms with E-state index in [0.717, 1.165) is 55.3 Å². The Bertz CT molecular complexity index is 1210. The highest BCUT2D eigenvalue weighted by Gasteiger charge is 2.25. The van der Waals surface area contributed by atoms with Crippen LogP contribution in [-0.4, -0.2) is 29.8 Å². The van der Waals surface area contributed by atoms with Crippen LogP contribution in [0.25, 0.3) is 10.6 Å². The molecule has 0 amide bonds. The molecule has 0 atom stereocenters. The van der Waals surface area contributed by atoms with Gasteiger partial charge in [0, 0.05) is 29.0 Å². The molecule has 1 aliphatic carbocycles. The third-order valence-corrected chi connectivity index (χ3v) is 7.72. The van der Waals surface area contributed by atoms with E-state index in [2.05, 4.69) is 9.71 Å². The maximum atomic E-state index is 15.6. The zero-order chi connectivity index (χ0) is 24.9. The molecule has 10 heteroatoms. The molecule has 1 fully saturated rings. The van der Waals surface area contributed by atoms with Crippen molar-refractivity contribution in [2.45, 2.75) is 50.0 Å². The van der Waals surface area contributed by atoms with Crippen molar-refractivity contribution < 1.29 is 28.2 Å². The average Bonchev–Trinajstić information content (AvgIpc) is 3.33. The standard InChI is InChI=1S/C25H26F2N2O4S2/c1-3-33-23-15(14-7-5-4-6-8-14)9-10-16(22(23)27)24-28-21(13-34-24)35-29-19-12-18(26)17(25(30)31)11-20(19)32-2/h9-14,29H,3-8H2,1-2H3,(H,30,31). The Morgan fingerprint density at radius 1 is 1.26 bits per heavy atom. The molecule has 6 nitrogen and oxygen atoms in total. The molecule has 1 heterocycles. The van der Waals surface area contributed by atoms with E-state index in [1.165, 1.54) is 24.9 Å². The van der Waals surface area contributed by atoms with E-state index < -0.39 is 23.2 Å². The molecule has 0 radical (unpaired) electrons. The van der Waals surface area contributed by atoms with Crippen LogP contribution in [0.15, 0.2) is 34.7 Å². The third-order valence-electron chi connectivity index (χ3n) is 5.96. The molecule has 2 aromatic carbocycles. The SMILES string of the molecule is CCOc1c(C2CCCCC2)ccc(-c2nc(SNc3cc(F)c(C(=O)O)cc3OC)cs2)c1F. The molecule has 0 saturated heterocycles. The first kappa shape index (κ1) is 25.2. The summed E-state index contributed by atoms with van der Waals surface area (Å²) < 4.78 is 43.6. The zero-order valence-corrected chi connectivity index (χ0v) is 21.0. The largest absolute Gasteiger partial charge is 0.495 e. The first-order chi connectivity index (χ1) is 16.9. The lowest BCUT2D eigenvalue weighted by molar-refractivity contribution is 0.0691. The van der Waals surface area contributed by atoms with Crippen molar-refractivity contribution in [1.82, 2.24) is 4.98 Å². The quantitative estimate of drug-likeness (QED) is 0.285. The van der Waals surface area contributed by atoms with Crippen molar-refractivity contribution in [2.24, 2.45) is 0 Å². The number of carbonyl (C=O) groups is 1. The van der Waals surface area contributed by atoms with Crippen LogP contribution in [0.2, 0.25) is 0 Å². The van der Waals surface area contributed by atoms with Crippen LogP contribution in [-0.2, 0) is 0 Å². The average molecular weight is 521 g/mol. The molecule has 4 rings (SSSR count). The maximum absolute atomic E-state index is 15.6. The van der Waals surface area contributed by atoms with Gasteiger partial charge in [-0.3, -0.25) is 0 Å². The second-order valence-corrected chi connectivity index (χ2v) is 9.83. The Kier molecular flexibility index (Phi) is 8.12. The van der Waals surface area contributed by atoms with E-state index in [1.807, 2.05) is 13.0 Å². The van der Waals surface area contributed by atoms with Gasteiger partial charge in [0.2, 0.25) is 0 Å². The predicted octanol–water partition coefficient (Wildman–Crippen LogP) is 7.36. The number of methoxy groups -OCH3 is 1. The molecule has 0 unspecified atom stereocenters. The summed E-state index contributed by atoms with van der Waals surface area (Å²) in [6.07, 6.45) is 5.59. The fourth-order valence-corrected chi connectivity index (χ4v) is 5.87. The van der Waals surface area contributed by atoms with Gasteiger partial charge in [-0.05, 0) is 37.8 Å². The molecule has 0 aliphatic heterocycles. The molecular weight excluding hydrogens is 494 g/mol. The second-order valence-electron chi connectivity index (χ2n) is 8.15. The van der Waals surface area contributed by atoms with Gasteiger partial charge in [-0.25, -0.2) is 18.6 Å². The van der Waals surface area contributed by atoms with Crippen LogP contribution in [0.4, 0.5) is 14.5 Å². The highest BCUT2D eigenvalue weighted by molar-refractivity contribution is 8.00. The molecule has 186 valence electrons. The van der Waals surface area contributed by atoms with Crippen LogP contribution in [0.3, 0.4) is 0 Å². The normalized spacial score (nSPS) is 14.1. The number of carboxylic acids is 1. The zero-order valence-electron chi connectivity index (χ0n) is 19.4. The van der Waals surface area contributed by atoms with Gasteiger partial charge in [-0.15, -0.1) is 11.3 Å². The number of thiazole rings is 1. The number of halogens is 2. The maximum Gasteiger partial charge on any atom is 0.338 e. The van der Waals surface area contributed by atoms with E-state index in [1.54, 1.807) is 11.4 Å². The van der Waals surface area contributed by atoms with Crippen molar-refractivity contribution in [1.29, 1.82) is 0 Å². The number of carboxylic acid groups (broad SMARTS) is 1. The molecule has 3 aromatic rings. The van der Waals surface area contributed by atoms with E-state index in [9.17, 15) is 9.18 Å². The molecule has 35 heavy (non-hydrogen) atoms. The smallest absolute Gasteiger partial charge is 0.338 e.